The summed E-state index contributed by atoms with van der Waals surface area (Å²) < 4.78 is 16.4. The number of rotatable bonds is 10. The quantitative estimate of drug-likeness (QED) is 0.193. The molecule has 1 saturated carbocycles. The number of nitrogens with zero attached hydrogens (tertiary/aromatic N) is 2. The second-order valence-electron chi connectivity index (χ2n) is 8.41. The van der Waals surface area contributed by atoms with Crippen molar-refractivity contribution in [1.29, 1.82) is 0 Å². The largest absolute Gasteiger partial charge is 0.496 e. The van der Waals surface area contributed by atoms with E-state index in [4.69, 9.17) is 14.2 Å². The highest BCUT2D eigenvalue weighted by atomic mass is 127. The maximum atomic E-state index is 12.7. The van der Waals surface area contributed by atoms with Crippen molar-refractivity contribution >= 4 is 35.8 Å². The number of carbonyl (C=O) groups excluding carboxylic acids is 1. The fraction of sp³-hybridized carbons (Fsp3) is 0.667. The zero-order chi connectivity index (χ0) is 22.8. The number of ether oxygens (including phenoxy) is 3. The Kier molecular flexibility index (Phi) is 11.9. The van der Waals surface area contributed by atoms with Crippen molar-refractivity contribution in [2.24, 2.45) is 10.9 Å². The van der Waals surface area contributed by atoms with Crippen LogP contribution in [0.3, 0.4) is 0 Å². The van der Waals surface area contributed by atoms with Crippen LogP contribution in [0.15, 0.2) is 23.2 Å². The highest BCUT2D eigenvalue weighted by Gasteiger charge is 2.32. The van der Waals surface area contributed by atoms with E-state index in [0.29, 0.717) is 36.3 Å². The van der Waals surface area contributed by atoms with Crippen LogP contribution in [0.1, 0.15) is 45.4 Å². The lowest BCUT2D eigenvalue weighted by Gasteiger charge is -2.21. The van der Waals surface area contributed by atoms with E-state index < -0.39 is 0 Å². The smallest absolute Gasteiger partial charge is 0.225 e. The van der Waals surface area contributed by atoms with Gasteiger partial charge in [0.25, 0.3) is 0 Å². The highest BCUT2D eigenvalue weighted by Crippen LogP contribution is 2.28. The molecular weight excluding hydrogens is 535 g/mol. The SMILES string of the molecule is CCNC(=NCCCOc1cc(OC)cc(OC)c1)NC1CCN(C(=O)C2CCCC2)C1.I. The molecule has 1 aliphatic carbocycles. The summed E-state index contributed by atoms with van der Waals surface area (Å²) in [5.74, 6) is 3.52. The molecule has 2 N–H and O–H groups in total. The Bertz CT molecular complexity index is 749. The summed E-state index contributed by atoms with van der Waals surface area (Å²) in [4.78, 5) is 19.4. The molecule has 3 rings (SSSR count). The first-order valence-electron chi connectivity index (χ1n) is 11.8. The van der Waals surface area contributed by atoms with Gasteiger partial charge in [-0.2, -0.15) is 0 Å². The van der Waals surface area contributed by atoms with Gasteiger partial charge < -0.3 is 29.7 Å². The van der Waals surface area contributed by atoms with Gasteiger partial charge in [-0.15, -0.1) is 24.0 Å². The molecule has 0 aromatic heterocycles. The van der Waals surface area contributed by atoms with Crippen LogP contribution in [0.4, 0.5) is 0 Å². The Balaban J connectivity index is 0.00000385. The van der Waals surface area contributed by atoms with Gasteiger partial charge in [0, 0.05) is 62.8 Å². The van der Waals surface area contributed by atoms with Gasteiger partial charge >= 0.3 is 0 Å². The molecule has 186 valence electrons. The maximum Gasteiger partial charge on any atom is 0.225 e. The van der Waals surface area contributed by atoms with Gasteiger partial charge in [0.2, 0.25) is 5.91 Å². The average molecular weight is 575 g/mol. The molecule has 1 unspecified atom stereocenters. The van der Waals surface area contributed by atoms with Gasteiger partial charge in [-0.1, -0.05) is 12.8 Å². The molecule has 1 aromatic rings. The molecule has 1 aliphatic heterocycles. The normalized spacial score (nSPS) is 18.6. The molecule has 1 aromatic carbocycles. The van der Waals surface area contributed by atoms with Gasteiger partial charge in [0.15, 0.2) is 5.96 Å². The minimum atomic E-state index is 0. The van der Waals surface area contributed by atoms with E-state index in [1.165, 1.54) is 12.8 Å². The molecule has 0 radical (unpaired) electrons. The second-order valence-corrected chi connectivity index (χ2v) is 8.41. The number of likely N-dealkylation sites (tertiary alicyclic amines) is 1. The van der Waals surface area contributed by atoms with E-state index in [1.54, 1.807) is 14.2 Å². The fourth-order valence-corrected chi connectivity index (χ4v) is 4.33. The van der Waals surface area contributed by atoms with Crippen molar-refractivity contribution in [1.82, 2.24) is 15.5 Å². The molecule has 1 heterocycles. The van der Waals surface area contributed by atoms with E-state index in [2.05, 4.69) is 22.5 Å². The van der Waals surface area contributed by atoms with Crippen LogP contribution >= 0.6 is 24.0 Å². The van der Waals surface area contributed by atoms with Crippen LogP contribution in [0.25, 0.3) is 0 Å². The summed E-state index contributed by atoms with van der Waals surface area (Å²) in [5, 5.41) is 6.81. The van der Waals surface area contributed by atoms with Gasteiger partial charge in [-0.05, 0) is 26.2 Å². The molecule has 33 heavy (non-hydrogen) atoms. The number of halogens is 1. The van der Waals surface area contributed by atoms with Crippen molar-refractivity contribution in [3.8, 4) is 17.2 Å². The predicted octanol–water partition coefficient (Wildman–Crippen LogP) is 3.44. The number of amides is 1. The van der Waals surface area contributed by atoms with E-state index in [-0.39, 0.29) is 35.9 Å². The molecule has 2 fully saturated rings. The lowest BCUT2D eigenvalue weighted by atomic mass is 10.1. The predicted molar refractivity (Wildman–Crippen MR) is 141 cm³/mol. The Morgan fingerprint density at radius 2 is 1.76 bits per heavy atom. The molecule has 1 saturated heterocycles. The van der Waals surface area contributed by atoms with Crippen LogP contribution in [0.5, 0.6) is 17.2 Å². The molecule has 9 heteroatoms. The lowest BCUT2D eigenvalue weighted by Crippen LogP contribution is -2.45. The van der Waals surface area contributed by atoms with E-state index in [1.807, 2.05) is 23.1 Å². The van der Waals surface area contributed by atoms with Gasteiger partial charge in [-0.3, -0.25) is 9.79 Å². The topological polar surface area (TPSA) is 84.4 Å². The molecule has 0 bridgehead atoms. The van der Waals surface area contributed by atoms with Crippen molar-refractivity contribution in [2.75, 3.05) is 47.0 Å². The average Bonchev–Trinajstić information content (AvgIpc) is 3.51. The van der Waals surface area contributed by atoms with Crippen molar-refractivity contribution < 1.29 is 19.0 Å². The van der Waals surface area contributed by atoms with E-state index in [9.17, 15) is 4.79 Å². The molecule has 1 amide bonds. The third-order valence-electron chi connectivity index (χ3n) is 6.06. The summed E-state index contributed by atoms with van der Waals surface area (Å²) in [6.45, 7) is 5.65. The standard InChI is InChI=1S/C24H38N4O4.HI/c1-4-25-24(27-19-10-12-28(17-19)23(29)18-8-5-6-9-18)26-11-7-13-32-22-15-20(30-2)14-21(16-22)31-3;/h14-16,18-19H,4-13,17H2,1-3H3,(H2,25,26,27);1H. The van der Waals surface area contributed by atoms with Gasteiger partial charge in [0.1, 0.15) is 17.2 Å². The Labute approximate surface area is 214 Å². The monoisotopic (exact) mass is 574 g/mol. The first-order chi connectivity index (χ1) is 15.6. The molecular formula is C24H39IN4O4. The second kappa shape index (κ2) is 14.4. The van der Waals surface area contributed by atoms with Crippen molar-refractivity contribution in [2.45, 2.75) is 51.5 Å². The number of benzene rings is 1. The highest BCUT2D eigenvalue weighted by molar-refractivity contribution is 14.0. The summed E-state index contributed by atoms with van der Waals surface area (Å²) >= 11 is 0. The minimum Gasteiger partial charge on any atom is -0.496 e. The molecule has 2 aliphatic rings. The third-order valence-corrected chi connectivity index (χ3v) is 6.06. The minimum absolute atomic E-state index is 0. The van der Waals surface area contributed by atoms with Gasteiger partial charge in [0.05, 0.1) is 20.8 Å². The van der Waals surface area contributed by atoms with Gasteiger partial charge in [-0.25, -0.2) is 0 Å². The zero-order valence-corrected chi connectivity index (χ0v) is 22.4. The first kappa shape index (κ1) is 27.3. The number of methoxy groups -OCH3 is 2. The Hall–Kier alpha value is -1.91. The molecule has 0 spiro atoms. The fourth-order valence-electron chi connectivity index (χ4n) is 4.33. The zero-order valence-electron chi connectivity index (χ0n) is 20.1. The Morgan fingerprint density at radius 3 is 2.39 bits per heavy atom. The number of hydrogen-bond acceptors (Lipinski definition) is 5. The maximum absolute atomic E-state index is 12.7. The van der Waals surface area contributed by atoms with Crippen LogP contribution in [-0.2, 0) is 4.79 Å². The van der Waals surface area contributed by atoms with E-state index in [0.717, 1.165) is 51.3 Å². The number of nitrogens with one attached hydrogen (secondary N) is 2. The van der Waals surface area contributed by atoms with Crippen molar-refractivity contribution in [3.63, 3.8) is 0 Å². The number of aliphatic imine (C=N–C) groups is 1. The summed E-state index contributed by atoms with van der Waals surface area (Å²) in [6.07, 6.45) is 6.25. The van der Waals surface area contributed by atoms with Crippen LogP contribution < -0.4 is 24.8 Å². The third kappa shape index (κ3) is 8.42. The van der Waals surface area contributed by atoms with Crippen LogP contribution in [-0.4, -0.2) is 69.8 Å². The van der Waals surface area contributed by atoms with Crippen molar-refractivity contribution in [3.05, 3.63) is 18.2 Å². The molecule has 1 atom stereocenters. The summed E-state index contributed by atoms with van der Waals surface area (Å²) in [7, 11) is 3.24. The number of hydrogen-bond donors (Lipinski definition) is 2. The number of carbonyl (C=O) groups is 1. The number of guanidine groups is 1. The summed E-state index contributed by atoms with van der Waals surface area (Å²) in [5.41, 5.74) is 0. The molecule has 8 nitrogen and oxygen atoms in total. The van der Waals surface area contributed by atoms with Crippen LogP contribution in [0, 0.1) is 5.92 Å². The lowest BCUT2D eigenvalue weighted by molar-refractivity contribution is -0.134. The van der Waals surface area contributed by atoms with E-state index >= 15 is 0 Å². The Morgan fingerprint density at radius 1 is 1.09 bits per heavy atom. The first-order valence-corrected chi connectivity index (χ1v) is 11.8. The van der Waals surface area contributed by atoms with Crippen LogP contribution in [0.2, 0.25) is 0 Å². The summed E-state index contributed by atoms with van der Waals surface area (Å²) in [6, 6.07) is 5.75.